The fourth-order valence-corrected chi connectivity index (χ4v) is 2.84. The molecule has 108 valence electrons. The lowest BCUT2D eigenvalue weighted by Crippen LogP contribution is -2.32. The molecule has 0 saturated heterocycles. The summed E-state index contributed by atoms with van der Waals surface area (Å²) in [5.41, 5.74) is 0.273. The minimum Gasteiger partial charge on any atom is -0.292 e. The number of carbonyl (C=O) groups excluding carboxylic acids is 2. The van der Waals surface area contributed by atoms with Crippen molar-refractivity contribution in [3.8, 4) is 0 Å². The van der Waals surface area contributed by atoms with Crippen LogP contribution in [0.3, 0.4) is 0 Å². The predicted octanol–water partition coefficient (Wildman–Crippen LogP) is 4.04. The molecule has 0 saturated carbocycles. The van der Waals surface area contributed by atoms with Crippen LogP contribution in [0.5, 0.6) is 0 Å². The number of rotatable bonds is 4. The number of carbonyl (C=O) groups is 2. The van der Waals surface area contributed by atoms with Crippen LogP contribution in [-0.2, 0) is 4.79 Å². The Kier molecular flexibility index (Phi) is 5.67. The quantitative estimate of drug-likeness (QED) is 0.855. The van der Waals surface area contributed by atoms with Crippen molar-refractivity contribution >= 4 is 46.8 Å². The molecule has 21 heavy (non-hydrogen) atoms. The molecule has 0 heterocycles. The largest absolute Gasteiger partial charge is 0.292 e. The van der Waals surface area contributed by atoms with Crippen molar-refractivity contribution in [3.63, 3.8) is 0 Å². The van der Waals surface area contributed by atoms with Gasteiger partial charge in [-0.05, 0) is 24.3 Å². The molecule has 2 amide bonds. The van der Waals surface area contributed by atoms with Crippen molar-refractivity contribution in [3.05, 3.63) is 64.1 Å². The van der Waals surface area contributed by atoms with Crippen molar-refractivity contribution in [1.82, 2.24) is 5.32 Å². The number of halogens is 2. The number of hydrogen-bond acceptors (Lipinski definition) is 3. The molecule has 2 aromatic carbocycles. The van der Waals surface area contributed by atoms with Gasteiger partial charge in [0.1, 0.15) is 0 Å². The van der Waals surface area contributed by atoms with Crippen molar-refractivity contribution in [2.45, 2.75) is 4.90 Å². The number of nitrogens with one attached hydrogen (secondary N) is 1. The summed E-state index contributed by atoms with van der Waals surface area (Å²) in [4.78, 5) is 24.5. The molecule has 1 N–H and O–H groups in total. The predicted molar refractivity (Wildman–Crippen MR) is 86.1 cm³/mol. The highest BCUT2D eigenvalue weighted by Gasteiger charge is 2.13. The number of benzene rings is 2. The van der Waals surface area contributed by atoms with Gasteiger partial charge in [0.2, 0.25) is 5.91 Å². The van der Waals surface area contributed by atoms with Gasteiger partial charge in [0.25, 0.3) is 5.91 Å². The van der Waals surface area contributed by atoms with Crippen LogP contribution in [0.25, 0.3) is 0 Å². The maximum Gasteiger partial charge on any atom is 0.259 e. The molecule has 0 atom stereocenters. The maximum absolute atomic E-state index is 11.9. The highest BCUT2D eigenvalue weighted by Crippen LogP contribution is 2.26. The van der Waals surface area contributed by atoms with E-state index in [4.69, 9.17) is 23.2 Å². The zero-order valence-electron chi connectivity index (χ0n) is 10.8. The summed E-state index contributed by atoms with van der Waals surface area (Å²) in [5, 5.41) is 3.18. The molecule has 0 bridgehead atoms. The van der Waals surface area contributed by atoms with E-state index in [1.165, 1.54) is 11.8 Å². The Morgan fingerprint density at radius 3 is 2.24 bits per heavy atom. The van der Waals surface area contributed by atoms with E-state index < -0.39 is 11.8 Å². The molecule has 2 aromatic rings. The van der Waals surface area contributed by atoms with Gasteiger partial charge in [-0.15, -0.1) is 11.8 Å². The lowest BCUT2D eigenvalue weighted by Gasteiger charge is -2.06. The molecule has 0 spiro atoms. The molecule has 6 heteroatoms. The van der Waals surface area contributed by atoms with Gasteiger partial charge < -0.3 is 0 Å². The lowest BCUT2D eigenvalue weighted by molar-refractivity contribution is -0.117. The SMILES string of the molecule is O=C(CSc1ccccc1Cl)NC(=O)c1ccccc1Cl. The van der Waals surface area contributed by atoms with Crippen molar-refractivity contribution < 1.29 is 9.59 Å². The molecular weight excluding hydrogens is 329 g/mol. The molecule has 0 aromatic heterocycles. The van der Waals surface area contributed by atoms with E-state index in [0.717, 1.165) is 4.90 Å². The number of imide groups is 1. The van der Waals surface area contributed by atoms with Crippen molar-refractivity contribution in [1.29, 1.82) is 0 Å². The summed E-state index contributed by atoms with van der Waals surface area (Å²) in [6.45, 7) is 0. The number of thioether (sulfide) groups is 1. The molecule has 0 aliphatic heterocycles. The molecule has 3 nitrogen and oxygen atoms in total. The zero-order chi connectivity index (χ0) is 15.2. The second-order valence-corrected chi connectivity index (χ2v) is 5.91. The van der Waals surface area contributed by atoms with Crippen LogP contribution < -0.4 is 5.32 Å². The van der Waals surface area contributed by atoms with Gasteiger partial charge in [-0.1, -0.05) is 47.5 Å². The minimum atomic E-state index is -0.509. The summed E-state index contributed by atoms with van der Waals surface area (Å²) >= 11 is 13.2. The first-order chi connectivity index (χ1) is 10.1. The third-order valence-corrected chi connectivity index (χ3v) is 4.41. The lowest BCUT2D eigenvalue weighted by atomic mass is 10.2. The third kappa shape index (κ3) is 4.49. The van der Waals surface area contributed by atoms with E-state index in [9.17, 15) is 9.59 Å². The van der Waals surface area contributed by atoms with Crippen LogP contribution in [0.4, 0.5) is 0 Å². The topological polar surface area (TPSA) is 46.2 Å². The molecule has 0 radical (unpaired) electrons. The molecular formula is C15H11Cl2NO2S. The van der Waals surface area contributed by atoms with Crippen LogP contribution in [0.15, 0.2) is 53.4 Å². The summed E-state index contributed by atoms with van der Waals surface area (Å²) < 4.78 is 0. The van der Waals surface area contributed by atoms with Crippen LogP contribution in [0.1, 0.15) is 10.4 Å². The second kappa shape index (κ2) is 7.50. The number of hydrogen-bond donors (Lipinski definition) is 1. The Morgan fingerprint density at radius 2 is 1.57 bits per heavy atom. The van der Waals surface area contributed by atoms with E-state index in [2.05, 4.69) is 5.32 Å². The summed E-state index contributed by atoms with van der Waals surface area (Å²) in [6.07, 6.45) is 0. The normalized spacial score (nSPS) is 10.2. The highest BCUT2D eigenvalue weighted by atomic mass is 35.5. The van der Waals surface area contributed by atoms with Crippen LogP contribution in [-0.4, -0.2) is 17.6 Å². The Morgan fingerprint density at radius 1 is 0.952 bits per heavy atom. The van der Waals surface area contributed by atoms with E-state index >= 15 is 0 Å². The first kappa shape index (κ1) is 15.9. The summed E-state index contributed by atoms with van der Waals surface area (Å²) in [7, 11) is 0. The Bertz CT molecular complexity index is 676. The molecule has 0 aliphatic rings. The van der Waals surface area contributed by atoms with E-state index in [0.29, 0.717) is 10.0 Å². The van der Waals surface area contributed by atoms with Crippen LogP contribution in [0.2, 0.25) is 10.0 Å². The summed E-state index contributed by atoms with van der Waals surface area (Å²) in [6, 6.07) is 13.8. The highest BCUT2D eigenvalue weighted by molar-refractivity contribution is 8.00. The second-order valence-electron chi connectivity index (χ2n) is 4.08. The van der Waals surface area contributed by atoms with Crippen LogP contribution in [0, 0.1) is 0 Å². The van der Waals surface area contributed by atoms with Gasteiger partial charge in [0, 0.05) is 4.90 Å². The van der Waals surface area contributed by atoms with Gasteiger partial charge in [-0.2, -0.15) is 0 Å². The first-order valence-corrected chi connectivity index (χ1v) is 7.78. The van der Waals surface area contributed by atoms with Gasteiger partial charge in [-0.3, -0.25) is 14.9 Å². The first-order valence-electron chi connectivity index (χ1n) is 6.04. The average Bonchev–Trinajstić information content (AvgIpc) is 2.46. The Balaban J connectivity index is 1.92. The van der Waals surface area contributed by atoms with E-state index in [1.54, 1.807) is 30.3 Å². The Hall–Kier alpha value is -1.49. The summed E-state index contributed by atoms with van der Waals surface area (Å²) in [5.74, 6) is -0.810. The smallest absolute Gasteiger partial charge is 0.259 e. The molecule has 0 fully saturated rings. The maximum atomic E-state index is 11.9. The molecule has 0 unspecified atom stereocenters. The van der Waals surface area contributed by atoms with Crippen molar-refractivity contribution in [2.75, 3.05) is 5.75 Å². The van der Waals surface area contributed by atoms with Gasteiger partial charge >= 0.3 is 0 Å². The van der Waals surface area contributed by atoms with Crippen molar-refractivity contribution in [2.24, 2.45) is 0 Å². The van der Waals surface area contributed by atoms with Crippen LogP contribution >= 0.6 is 35.0 Å². The minimum absolute atomic E-state index is 0.0971. The number of amides is 2. The monoisotopic (exact) mass is 339 g/mol. The Labute approximate surface area is 136 Å². The van der Waals surface area contributed by atoms with Gasteiger partial charge in [0.05, 0.1) is 21.4 Å². The third-order valence-electron chi connectivity index (χ3n) is 2.57. The fraction of sp³-hybridized carbons (Fsp3) is 0.0667. The van der Waals surface area contributed by atoms with E-state index in [-0.39, 0.29) is 11.3 Å². The molecule has 2 rings (SSSR count). The fourth-order valence-electron chi connectivity index (χ4n) is 1.58. The standard InChI is InChI=1S/C15H11Cl2NO2S/c16-11-6-2-1-5-10(11)15(20)18-14(19)9-21-13-8-4-3-7-12(13)17/h1-8H,9H2,(H,18,19,20). The average molecular weight is 340 g/mol. The van der Waals surface area contributed by atoms with Gasteiger partial charge in [-0.25, -0.2) is 0 Å². The van der Waals surface area contributed by atoms with E-state index in [1.807, 2.05) is 18.2 Å². The van der Waals surface area contributed by atoms with Gasteiger partial charge in [0.15, 0.2) is 0 Å². The molecule has 0 aliphatic carbocycles. The zero-order valence-corrected chi connectivity index (χ0v) is 13.1.